The molecule has 1 atom stereocenters. The highest BCUT2D eigenvalue weighted by molar-refractivity contribution is 6.11. The van der Waals surface area contributed by atoms with E-state index in [4.69, 9.17) is 9.15 Å². The Kier molecular flexibility index (Phi) is 5.07. The first kappa shape index (κ1) is 19.8. The number of carbonyl (C=O) groups excluding carboxylic acids is 2. The van der Waals surface area contributed by atoms with Crippen molar-refractivity contribution in [2.45, 2.75) is 13.0 Å². The number of nitrogens with one attached hydrogen (secondary N) is 2. The van der Waals surface area contributed by atoms with E-state index in [0.29, 0.717) is 40.9 Å². The van der Waals surface area contributed by atoms with E-state index in [0.717, 1.165) is 11.3 Å². The SMILES string of the molecule is CNC(=O)c1c(-c2ccc(F)cc2)oc2cc3c(cc12)C(C)N(C(=O)OC)CCN3. The van der Waals surface area contributed by atoms with Crippen molar-refractivity contribution < 1.29 is 23.1 Å². The molecule has 30 heavy (non-hydrogen) atoms. The Labute approximate surface area is 172 Å². The number of carbonyl (C=O) groups is 2. The van der Waals surface area contributed by atoms with Crippen LogP contribution in [0, 0.1) is 5.82 Å². The molecule has 2 amide bonds. The van der Waals surface area contributed by atoms with Gasteiger partial charge in [-0.15, -0.1) is 0 Å². The van der Waals surface area contributed by atoms with Crippen molar-refractivity contribution in [1.82, 2.24) is 10.2 Å². The number of hydrogen-bond acceptors (Lipinski definition) is 5. The Bertz CT molecular complexity index is 1120. The molecule has 2 heterocycles. The van der Waals surface area contributed by atoms with Crippen LogP contribution in [0.5, 0.6) is 0 Å². The van der Waals surface area contributed by atoms with Crippen LogP contribution >= 0.6 is 0 Å². The average molecular weight is 411 g/mol. The summed E-state index contributed by atoms with van der Waals surface area (Å²) in [7, 11) is 2.90. The van der Waals surface area contributed by atoms with Crippen LogP contribution in [0.4, 0.5) is 14.9 Å². The number of hydrogen-bond donors (Lipinski definition) is 2. The van der Waals surface area contributed by atoms with Gasteiger partial charge in [0.25, 0.3) is 5.91 Å². The predicted octanol–water partition coefficient (Wildman–Crippen LogP) is 4.15. The normalized spacial score (nSPS) is 15.9. The molecule has 0 fully saturated rings. The molecule has 1 aliphatic rings. The number of amides is 2. The number of methoxy groups -OCH3 is 1. The Morgan fingerprint density at radius 1 is 1.27 bits per heavy atom. The summed E-state index contributed by atoms with van der Waals surface area (Å²) in [5.41, 5.74) is 3.16. The van der Waals surface area contributed by atoms with Crippen LogP contribution in [0.25, 0.3) is 22.3 Å². The van der Waals surface area contributed by atoms with Crippen molar-refractivity contribution in [3.63, 3.8) is 0 Å². The van der Waals surface area contributed by atoms with E-state index in [-0.39, 0.29) is 17.8 Å². The summed E-state index contributed by atoms with van der Waals surface area (Å²) in [6.45, 7) is 2.94. The second kappa shape index (κ2) is 7.70. The van der Waals surface area contributed by atoms with E-state index in [1.165, 1.54) is 19.2 Å². The van der Waals surface area contributed by atoms with Gasteiger partial charge in [0.1, 0.15) is 17.2 Å². The Balaban J connectivity index is 1.92. The van der Waals surface area contributed by atoms with Crippen molar-refractivity contribution in [2.24, 2.45) is 0 Å². The molecule has 0 aliphatic carbocycles. The van der Waals surface area contributed by atoms with Gasteiger partial charge in [0.15, 0.2) is 0 Å². The fraction of sp³-hybridized carbons (Fsp3) is 0.273. The quantitative estimate of drug-likeness (QED) is 0.662. The maximum absolute atomic E-state index is 13.4. The van der Waals surface area contributed by atoms with Crippen LogP contribution in [-0.2, 0) is 4.74 Å². The molecule has 0 radical (unpaired) electrons. The number of halogens is 1. The molecule has 0 saturated heterocycles. The summed E-state index contributed by atoms with van der Waals surface area (Å²) >= 11 is 0. The largest absolute Gasteiger partial charge is 0.455 e. The van der Waals surface area contributed by atoms with Crippen LogP contribution in [0.15, 0.2) is 40.8 Å². The number of fused-ring (bicyclic) bond motifs is 2. The molecule has 8 heteroatoms. The summed E-state index contributed by atoms with van der Waals surface area (Å²) < 4.78 is 24.4. The lowest BCUT2D eigenvalue weighted by Gasteiger charge is -2.26. The van der Waals surface area contributed by atoms with Crippen molar-refractivity contribution in [1.29, 1.82) is 0 Å². The summed E-state index contributed by atoms with van der Waals surface area (Å²) in [6, 6.07) is 9.22. The first-order chi connectivity index (χ1) is 14.4. The fourth-order valence-electron chi connectivity index (χ4n) is 3.85. The molecule has 2 N–H and O–H groups in total. The van der Waals surface area contributed by atoms with Crippen LogP contribution < -0.4 is 10.6 Å². The lowest BCUT2D eigenvalue weighted by molar-refractivity contribution is 0.0964. The lowest BCUT2D eigenvalue weighted by Crippen LogP contribution is -2.35. The van der Waals surface area contributed by atoms with Crippen LogP contribution in [0.3, 0.4) is 0 Å². The lowest BCUT2D eigenvalue weighted by atomic mass is 9.99. The molecule has 0 bridgehead atoms. The molecule has 4 rings (SSSR count). The summed E-state index contributed by atoms with van der Waals surface area (Å²) in [5, 5.41) is 6.58. The van der Waals surface area contributed by atoms with Gasteiger partial charge in [0.05, 0.1) is 18.7 Å². The van der Waals surface area contributed by atoms with Gasteiger partial charge in [-0.1, -0.05) is 0 Å². The number of furan rings is 1. The Morgan fingerprint density at radius 2 is 2.00 bits per heavy atom. The van der Waals surface area contributed by atoms with E-state index >= 15 is 0 Å². The number of ether oxygens (including phenoxy) is 1. The minimum Gasteiger partial charge on any atom is -0.455 e. The predicted molar refractivity (Wildman–Crippen MR) is 111 cm³/mol. The third kappa shape index (κ3) is 3.24. The highest BCUT2D eigenvalue weighted by Crippen LogP contribution is 2.40. The van der Waals surface area contributed by atoms with E-state index in [1.807, 2.05) is 19.1 Å². The second-order valence-corrected chi connectivity index (χ2v) is 7.09. The molecule has 0 spiro atoms. The van der Waals surface area contributed by atoms with Crippen molar-refractivity contribution in [3.05, 3.63) is 53.3 Å². The Hall–Kier alpha value is -3.55. The highest BCUT2D eigenvalue weighted by Gasteiger charge is 2.29. The van der Waals surface area contributed by atoms with Gasteiger partial charge in [-0.25, -0.2) is 9.18 Å². The van der Waals surface area contributed by atoms with E-state index in [9.17, 15) is 14.0 Å². The van der Waals surface area contributed by atoms with Gasteiger partial charge in [-0.3, -0.25) is 9.69 Å². The van der Waals surface area contributed by atoms with Gasteiger partial charge in [-0.2, -0.15) is 0 Å². The number of nitrogens with zero attached hydrogens (tertiary/aromatic N) is 1. The van der Waals surface area contributed by atoms with Crippen molar-refractivity contribution in [2.75, 3.05) is 32.6 Å². The zero-order valence-corrected chi connectivity index (χ0v) is 16.9. The zero-order chi connectivity index (χ0) is 21.4. The standard InChI is InChI=1S/C22H22FN3O4/c1-12-15-10-16-18(11-17(15)25-8-9-26(12)22(28)29-3)30-20(19(16)21(27)24-2)13-4-6-14(23)7-5-13/h4-7,10-12,25H,8-9H2,1-3H3,(H,24,27). The van der Waals surface area contributed by atoms with Gasteiger partial charge in [0, 0.05) is 42.8 Å². The molecular weight excluding hydrogens is 389 g/mol. The fourth-order valence-corrected chi connectivity index (χ4v) is 3.85. The van der Waals surface area contributed by atoms with Gasteiger partial charge < -0.3 is 19.8 Å². The summed E-state index contributed by atoms with van der Waals surface area (Å²) in [6.07, 6.45) is -0.414. The van der Waals surface area contributed by atoms with Gasteiger partial charge >= 0.3 is 6.09 Å². The smallest absolute Gasteiger partial charge is 0.410 e. The van der Waals surface area contributed by atoms with E-state index in [1.54, 1.807) is 24.1 Å². The first-order valence-corrected chi connectivity index (χ1v) is 9.61. The third-order valence-electron chi connectivity index (χ3n) is 5.42. The minimum absolute atomic E-state index is 0.270. The highest BCUT2D eigenvalue weighted by atomic mass is 19.1. The molecule has 7 nitrogen and oxygen atoms in total. The van der Waals surface area contributed by atoms with E-state index < -0.39 is 6.09 Å². The topological polar surface area (TPSA) is 83.8 Å². The van der Waals surface area contributed by atoms with Crippen LogP contribution in [0.1, 0.15) is 28.9 Å². The maximum Gasteiger partial charge on any atom is 0.410 e. The summed E-state index contributed by atoms with van der Waals surface area (Å²) in [4.78, 5) is 26.6. The minimum atomic E-state index is -0.414. The molecule has 2 aromatic carbocycles. The Morgan fingerprint density at radius 3 is 2.67 bits per heavy atom. The van der Waals surface area contributed by atoms with Crippen molar-refractivity contribution >= 4 is 28.7 Å². The number of anilines is 1. The summed E-state index contributed by atoms with van der Waals surface area (Å²) in [5.74, 6) is -0.321. The van der Waals surface area contributed by atoms with Crippen LogP contribution in [-0.4, -0.2) is 44.1 Å². The first-order valence-electron chi connectivity index (χ1n) is 9.61. The average Bonchev–Trinajstić information content (AvgIpc) is 3.05. The second-order valence-electron chi connectivity index (χ2n) is 7.09. The molecule has 3 aromatic rings. The number of benzene rings is 2. The third-order valence-corrected chi connectivity index (χ3v) is 5.42. The van der Waals surface area contributed by atoms with Gasteiger partial charge in [0.2, 0.25) is 0 Å². The van der Waals surface area contributed by atoms with Gasteiger partial charge in [-0.05, 0) is 42.8 Å². The van der Waals surface area contributed by atoms with Crippen molar-refractivity contribution in [3.8, 4) is 11.3 Å². The van der Waals surface area contributed by atoms with Crippen LogP contribution in [0.2, 0.25) is 0 Å². The van der Waals surface area contributed by atoms with E-state index in [2.05, 4.69) is 10.6 Å². The maximum atomic E-state index is 13.4. The zero-order valence-electron chi connectivity index (χ0n) is 16.9. The number of rotatable bonds is 2. The molecule has 1 aromatic heterocycles. The molecule has 1 aliphatic heterocycles. The monoisotopic (exact) mass is 411 g/mol. The molecular formula is C22H22FN3O4. The molecule has 0 saturated carbocycles. The molecule has 156 valence electrons. The molecule has 1 unspecified atom stereocenters.